The predicted molar refractivity (Wildman–Crippen MR) is 70.9 cm³/mol. The molecule has 2 rings (SSSR count). The molecule has 3 unspecified atom stereocenters. The Bertz CT molecular complexity index is 379. The van der Waals surface area contributed by atoms with Crippen LogP contribution in [0.2, 0.25) is 0 Å². The average Bonchev–Trinajstić information content (AvgIpc) is 2.34. The molecule has 1 N–H and O–H groups in total. The van der Waals surface area contributed by atoms with Crippen molar-refractivity contribution in [2.45, 2.75) is 44.8 Å². The van der Waals surface area contributed by atoms with Crippen molar-refractivity contribution in [3.8, 4) is 0 Å². The maximum Gasteiger partial charge on any atom is 0.141 e. The normalized spacial score (nSPS) is 27.1. The van der Waals surface area contributed by atoms with Gasteiger partial charge in [-0.05, 0) is 52.4 Å². The molecule has 3 nitrogen and oxygen atoms in total. The van der Waals surface area contributed by atoms with Crippen molar-refractivity contribution in [3.63, 3.8) is 0 Å². The molecular weight excluding hydrogens is 229 g/mol. The highest BCUT2D eigenvalue weighted by molar-refractivity contribution is 5.09. The summed E-state index contributed by atoms with van der Waals surface area (Å²) in [5.74, 6) is -0.279. The number of rotatable bonds is 3. The molecule has 1 aliphatic heterocycles. The second-order valence-electron chi connectivity index (χ2n) is 5.34. The van der Waals surface area contributed by atoms with Crippen LogP contribution in [0.15, 0.2) is 18.3 Å². The summed E-state index contributed by atoms with van der Waals surface area (Å²) in [4.78, 5) is 6.52. The lowest BCUT2D eigenvalue weighted by molar-refractivity contribution is 0.163. The highest BCUT2D eigenvalue weighted by Crippen LogP contribution is 2.19. The highest BCUT2D eigenvalue weighted by atomic mass is 19.1. The van der Waals surface area contributed by atoms with Crippen molar-refractivity contribution < 1.29 is 4.39 Å². The second kappa shape index (κ2) is 5.76. The number of nitrogens with one attached hydrogen (secondary N) is 1. The van der Waals surface area contributed by atoms with Gasteiger partial charge in [0.25, 0.3) is 0 Å². The van der Waals surface area contributed by atoms with Crippen molar-refractivity contribution in [2.24, 2.45) is 0 Å². The van der Waals surface area contributed by atoms with Gasteiger partial charge >= 0.3 is 0 Å². The first kappa shape index (κ1) is 13.4. The van der Waals surface area contributed by atoms with Crippen LogP contribution in [0, 0.1) is 5.82 Å². The van der Waals surface area contributed by atoms with E-state index in [-0.39, 0.29) is 11.9 Å². The van der Waals surface area contributed by atoms with Crippen LogP contribution in [0.4, 0.5) is 4.39 Å². The lowest BCUT2D eigenvalue weighted by atomic mass is 9.98. The fourth-order valence-electron chi connectivity index (χ4n) is 2.52. The molecule has 4 heteroatoms. The van der Waals surface area contributed by atoms with Crippen LogP contribution in [0.3, 0.4) is 0 Å². The molecular formula is C14H22FN3. The van der Waals surface area contributed by atoms with Crippen LogP contribution in [0.25, 0.3) is 0 Å². The number of likely N-dealkylation sites (tertiary alicyclic amines) is 1. The minimum atomic E-state index is -0.279. The van der Waals surface area contributed by atoms with E-state index in [1.165, 1.54) is 12.3 Å². The third kappa shape index (κ3) is 3.27. The molecule has 0 amide bonds. The van der Waals surface area contributed by atoms with Gasteiger partial charge in [-0.25, -0.2) is 4.39 Å². The van der Waals surface area contributed by atoms with Crippen LogP contribution < -0.4 is 5.32 Å². The number of aromatic nitrogens is 1. The fourth-order valence-corrected chi connectivity index (χ4v) is 2.52. The largest absolute Gasteiger partial charge is 0.306 e. The molecule has 0 aromatic carbocycles. The summed E-state index contributed by atoms with van der Waals surface area (Å²) in [5.41, 5.74) is 0.906. The third-order valence-corrected chi connectivity index (χ3v) is 3.89. The first-order valence-corrected chi connectivity index (χ1v) is 6.64. The molecule has 1 saturated heterocycles. The Kier molecular flexibility index (Phi) is 4.30. The Hall–Kier alpha value is -1.00. The van der Waals surface area contributed by atoms with Gasteiger partial charge in [0.1, 0.15) is 5.82 Å². The maximum absolute atomic E-state index is 12.8. The van der Waals surface area contributed by atoms with Crippen molar-refractivity contribution in [2.75, 3.05) is 13.6 Å². The van der Waals surface area contributed by atoms with Crippen molar-refractivity contribution in [1.29, 1.82) is 0 Å². The molecule has 1 aliphatic rings. The zero-order valence-electron chi connectivity index (χ0n) is 11.4. The predicted octanol–water partition coefficient (Wildman–Crippen LogP) is 2.35. The van der Waals surface area contributed by atoms with Crippen molar-refractivity contribution >= 4 is 0 Å². The topological polar surface area (TPSA) is 28.2 Å². The summed E-state index contributed by atoms with van der Waals surface area (Å²) in [6.07, 6.45) is 3.60. The van der Waals surface area contributed by atoms with E-state index in [9.17, 15) is 4.39 Å². The molecule has 18 heavy (non-hydrogen) atoms. The Morgan fingerprint density at radius 2 is 2.28 bits per heavy atom. The smallest absolute Gasteiger partial charge is 0.141 e. The Morgan fingerprint density at radius 3 is 2.89 bits per heavy atom. The minimum absolute atomic E-state index is 0.172. The number of piperidine rings is 1. The van der Waals surface area contributed by atoms with E-state index in [2.05, 4.69) is 36.1 Å². The first-order chi connectivity index (χ1) is 8.56. The van der Waals surface area contributed by atoms with E-state index in [1.54, 1.807) is 6.07 Å². The summed E-state index contributed by atoms with van der Waals surface area (Å²) in [5, 5.41) is 3.59. The standard InChI is InChI=1S/C14H22FN3/c1-10-8-13(6-7-18(10)3)17-11(2)14-5-4-12(15)9-16-14/h4-5,9-11,13,17H,6-8H2,1-3H3. The maximum atomic E-state index is 12.8. The van der Waals surface area contributed by atoms with Crippen molar-refractivity contribution in [1.82, 2.24) is 15.2 Å². The second-order valence-corrected chi connectivity index (χ2v) is 5.34. The van der Waals surface area contributed by atoms with E-state index < -0.39 is 0 Å². The molecule has 100 valence electrons. The van der Waals surface area contributed by atoms with Gasteiger partial charge in [0.15, 0.2) is 0 Å². The first-order valence-electron chi connectivity index (χ1n) is 6.64. The highest BCUT2D eigenvalue weighted by Gasteiger charge is 2.24. The van der Waals surface area contributed by atoms with E-state index in [4.69, 9.17) is 0 Å². The average molecular weight is 251 g/mol. The SMILES string of the molecule is CC(NC1CCN(C)C(C)C1)c1ccc(F)cn1. The zero-order valence-corrected chi connectivity index (χ0v) is 11.4. The van der Waals surface area contributed by atoms with Gasteiger partial charge in [-0.1, -0.05) is 0 Å². The molecule has 0 radical (unpaired) electrons. The quantitative estimate of drug-likeness (QED) is 0.894. The number of pyridine rings is 1. The van der Waals surface area contributed by atoms with Crippen LogP contribution in [-0.4, -0.2) is 35.6 Å². The molecule has 0 spiro atoms. The van der Waals surface area contributed by atoms with Gasteiger partial charge in [0.2, 0.25) is 0 Å². The van der Waals surface area contributed by atoms with Gasteiger partial charge in [-0.15, -0.1) is 0 Å². The Balaban J connectivity index is 1.91. The van der Waals surface area contributed by atoms with Gasteiger partial charge in [0.05, 0.1) is 11.9 Å². The third-order valence-electron chi connectivity index (χ3n) is 3.89. The molecule has 0 bridgehead atoms. The summed E-state index contributed by atoms with van der Waals surface area (Å²) in [7, 11) is 2.17. The molecule has 1 aromatic heterocycles. The molecule has 1 aromatic rings. The van der Waals surface area contributed by atoms with E-state index >= 15 is 0 Å². The van der Waals surface area contributed by atoms with Gasteiger partial charge < -0.3 is 10.2 Å². The summed E-state index contributed by atoms with van der Waals surface area (Å²) < 4.78 is 12.8. The van der Waals surface area contributed by atoms with Gasteiger partial charge in [-0.2, -0.15) is 0 Å². The summed E-state index contributed by atoms with van der Waals surface area (Å²) >= 11 is 0. The number of halogens is 1. The molecule has 3 atom stereocenters. The number of hydrogen-bond donors (Lipinski definition) is 1. The van der Waals surface area contributed by atoms with E-state index in [0.717, 1.165) is 25.1 Å². The van der Waals surface area contributed by atoms with E-state index in [0.29, 0.717) is 12.1 Å². The van der Waals surface area contributed by atoms with Crippen LogP contribution in [0.5, 0.6) is 0 Å². The molecule has 0 saturated carbocycles. The van der Waals surface area contributed by atoms with Crippen LogP contribution >= 0.6 is 0 Å². The molecule has 1 fully saturated rings. The summed E-state index contributed by atoms with van der Waals surface area (Å²) in [6.45, 7) is 5.47. The fraction of sp³-hybridized carbons (Fsp3) is 0.643. The Labute approximate surface area is 108 Å². The van der Waals surface area contributed by atoms with E-state index in [1.807, 2.05) is 0 Å². The van der Waals surface area contributed by atoms with Gasteiger partial charge in [0, 0.05) is 18.1 Å². The minimum Gasteiger partial charge on any atom is -0.306 e. The lowest BCUT2D eigenvalue weighted by Gasteiger charge is -2.36. The summed E-state index contributed by atoms with van der Waals surface area (Å²) in [6, 6.07) is 4.54. The lowest BCUT2D eigenvalue weighted by Crippen LogP contribution is -2.46. The van der Waals surface area contributed by atoms with Crippen molar-refractivity contribution in [3.05, 3.63) is 29.8 Å². The van der Waals surface area contributed by atoms with Crippen LogP contribution in [-0.2, 0) is 0 Å². The number of hydrogen-bond acceptors (Lipinski definition) is 3. The Morgan fingerprint density at radius 1 is 1.50 bits per heavy atom. The zero-order chi connectivity index (χ0) is 13.1. The number of nitrogens with zero attached hydrogens (tertiary/aromatic N) is 2. The monoisotopic (exact) mass is 251 g/mol. The van der Waals surface area contributed by atoms with Gasteiger partial charge in [-0.3, -0.25) is 4.98 Å². The molecule has 0 aliphatic carbocycles. The molecule has 2 heterocycles. The van der Waals surface area contributed by atoms with Crippen LogP contribution in [0.1, 0.15) is 38.4 Å².